The molecule has 0 fully saturated rings. The molecular formula is C14H16BrCl2N3. The molecule has 2 N–H and O–H groups in total. The summed E-state index contributed by atoms with van der Waals surface area (Å²) in [6.07, 6.45) is 0.688. The Labute approximate surface area is 137 Å². The predicted octanol–water partition coefficient (Wildman–Crippen LogP) is 4.52. The molecule has 0 radical (unpaired) electrons. The average molecular weight is 377 g/mol. The lowest BCUT2D eigenvalue weighted by Gasteiger charge is -2.14. The van der Waals surface area contributed by atoms with E-state index in [-0.39, 0.29) is 6.04 Å². The molecule has 0 saturated carbocycles. The molecule has 0 spiro atoms. The number of benzene rings is 1. The number of hydrogen-bond donors (Lipinski definition) is 1. The molecule has 1 atom stereocenters. The van der Waals surface area contributed by atoms with Crippen LogP contribution in [-0.4, -0.2) is 9.78 Å². The van der Waals surface area contributed by atoms with Crippen molar-refractivity contribution in [2.45, 2.75) is 32.9 Å². The minimum absolute atomic E-state index is 0.150. The molecule has 2 aromatic rings. The van der Waals surface area contributed by atoms with Crippen molar-refractivity contribution in [1.82, 2.24) is 9.78 Å². The molecule has 20 heavy (non-hydrogen) atoms. The second-order valence-electron chi connectivity index (χ2n) is 4.65. The number of hydrogen-bond acceptors (Lipinski definition) is 2. The maximum absolute atomic E-state index is 6.28. The molecule has 1 aromatic heterocycles. The quantitative estimate of drug-likeness (QED) is 0.852. The Morgan fingerprint density at radius 3 is 2.65 bits per heavy atom. The number of nitrogens with zero attached hydrogens (tertiary/aromatic N) is 2. The van der Waals surface area contributed by atoms with Crippen LogP contribution in [0.4, 0.5) is 0 Å². The summed E-state index contributed by atoms with van der Waals surface area (Å²) in [6.45, 7) is 4.85. The average Bonchev–Trinajstić information content (AvgIpc) is 2.69. The minimum atomic E-state index is -0.150. The second-order valence-corrected chi connectivity index (χ2v) is 6.25. The van der Waals surface area contributed by atoms with Gasteiger partial charge < -0.3 is 5.73 Å². The summed E-state index contributed by atoms with van der Waals surface area (Å²) in [5.41, 5.74) is 9.33. The van der Waals surface area contributed by atoms with Gasteiger partial charge in [-0.25, -0.2) is 0 Å². The first-order chi connectivity index (χ1) is 9.43. The normalized spacial score (nSPS) is 12.7. The van der Waals surface area contributed by atoms with E-state index in [1.165, 1.54) is 0 Å². The summed E-state index contributed by atoms with van der Waals surface area (Å²) in [5.74, 6) is 0. The van der Waals surface area contributed by atoms with Crippen LogP contribution in [0.1, 0.15) is 29.9 Å². The molecule has 0 aliphatic carbocycles. The number of nitrogens with two attached hydrogens (primary N) is 1. The zero-order chi connectivity index (χ0) is 14.9. The Morgan fingerprint density at radius 1 is 1.35 bits per heavy atom. The molecule has 1 heterocycles. The third-order valence-corrected chi connectivity index (χ3v) is 5.01. The lowest BCUT2D eigenvalue weighted by molar-refractivity contribution is 0.586. The summed E-state index contributed by atoms with van der Waals surface area (Å²) in [7, 11) is 0. The van der Waals surface area contributed by atoms with E-state index in [4.69, 9.17) is 28.9 Å². The molecule has 0 saturated heterocycles. The second kappa shape index (κ2) is 6.48. The van der Waals surface area contributed by atoms with Crippen LogP contribution >= 0.6 is 39.1 Å². The molecule has 6 heteroatoms. The van der Waals surface area contributed by atoms with Gasteiger partial charge in [0.05, 0.1) is 25.9 Å². The summed E-state index contributed by atoms with van der Waals surface area (Å²) < 4.78 is 2.99. The maximum Gasteiger partial charge on any atom is 0.0738 e. The smallest absolute Gasteiger partial charge is 0.0738 e. The van der Waals surface area contributed by atoms with Gasteiger partial charge >= 0.3 is 0 Å². The van der Waals surface area contributed by atoms with Crippen LogP contribution in [0.15, 0.2) is 22.7 Å². The van der Waals surface area contributed by atoms with Crippen LogP contribution in [0.3, 0.4) is 0 Å². The summed E-state index contributed by atoms with van der Waals surface area (Å²) >= 11 is 15.6. The lowest BCUT2D eigenvalue weighted by Crippen LogP contribution is -2.16. The summed E-state index contributed by atoms with van der Waals surface area (Å²) in [5, 5.41) is 5.54. The van der Waals surface area contributed by atoms with Crippen LogP contribution in [0.2, 0.25) is 10.0 Å². The molecule has 0 aliphatic heterocycles. The molecule has 1 aromatic carbocycles. The molecule has 3 nitrogen and oxygen atoms in total. The zero-order valence-corrected chi connectivity index (χ0v) is 14.4. The molecule has 1 unspecified atom stereocenters. The van der Waals surface area contributed by atoms with Gasteiger partial charge in [-0.3, -0.25) is 4.68 Å². The maximum atomic E-state index is 6.28. The molecule has 108 valence electrons. The lowest BCUT2D eigenvalue weighted by atomic mass is 10.0. The van der Waals surface area contributed by atoms with E-state index in [0.29, 0.717) is 16.5 Å². The van der Waals surface area contributed by atoms with E-state index < -0.39 is 0 Å². The minimum Gasteiger partial charge on any atom is -0.324 e. The molecule has 0 bridgehead atoms. The number of halogens is 3. The van der Waals surface area contributed by atoms with Crippen LogP contribution in [0.5, 0.6) is 0 Å². The Bertz CT molecular complexity index is 625. The van der Waals surface area contributed by atoms with Gasteiger partial charge in [-0.2, -0.15) is 5.10 Å². The SMILES string of the molecule is CCn1nc(C)c(Br)c1CC(N)c1ccc(Cl)c(Cl)c1. The highest BCUT2D eigenvalue weighted by atomic mass is 79.9. The monoisotopic (exact) mass is 375 g/mol. The highest BCUT2D eigenvalue weighted by Gasteiger charge is 2.17. The Balaban J connectivity index is 2.27. The Kier molecular flexibility index (Phi) is 5.13. The van der Waals surface area contributed by atoms with Gasteiger partial charge in [0.2, 0.25) is 0 Å². The number of aromatic nitrogens is 2. The fourth-order valence-corrected chi connectivity index (χ4v) is 2.89. The largest absolute Gasteiger partial charge is 0.324 e. The first-order valence-electron chi connectivity index (χ1n) is 6.36. The van der Waals surface area contributed by atoms with Gasteiger partial charge in [0.25, 0.3) is 0 Å². The van der Waals surface area contributed by atoms with Crippen LogP contribution in [0, 0.1) is 6.92 Å². The fraction of sp³-hybridized carbons (Fsp3) is 0.357. The molecule has 2 rings (SSSR count). The fourth-order valence-electron chi connectivity index (χ4n) is 2.13. The summed E-state index contributed by atoms with van der Waals surface area (Å²) in [6, 6.07) is 5.35. The van der Waals surface area contributed by atoms with Crippen molar-refractivity contribution < 1.29 is 0 Å². The van der Waals surface area contributed by atoms with Gasteiger partial charge in [0.1, 0.15) is 0 Å². The number of aryl methyl sites for hydroxylation is 2. The highest BCUT2D eigenvalue weighted by Crippen LogP contribution is 2.29. The summed E-state index contributed by atoms with van der Waals surface area (Å²) in [4.78, 5) is 0. The topological polar surface area (TPSA) is 43.8 Å². The van der Waals surface area contributed by atoms with Crippen LogP contribution < -0.4 is 5.73 Å². The third kappa shape index (κ3) is 3.19. The standard InChI is InChI=1S/C14H16BrCl2N3/c1-3-20-13(14(15)8(2)19-20)7-12(18)9-4-5-10(16)11(17)6-9/h4-6,12H,3,7,18H2,1-2H3. The third-order valence-electron chi connectivity index (χ3n) is 3.24. The molecular weight excluding hydrogens is 361 g/mol. The van der Waals surface area contributed by atoms with E-state index in [2.05, 4.69) is 28.0 Å². The first kappa shape index (κ1) is 15.8. The van der Waals surface area contributed by atoms with E-state index in [9.17, 15) is 0 Å². The van der Waals surface area contributed by atoms with Gasteiger partial charge in [-0.15, -0.1) is 0 Å². The Hall–Kier alpha value is -0.550. The van der Waals surface area contributed by atoms with E-state index >= 15 is 0 Å². The van der Waals surface area contributed by atoms with Crippen molar-refractivity contribution in [1.29, 1.82) is 0 Å². The van der Waals surface area contributed by atoms with Crippen LogP contribution in [0.25, 0.3) is 0 Å². The van der Waals surface area contributed by atoms with E-state index in [1.807, 2.05) is 23.7 Å². The van der Waals surface area contributed by atoms with Gasteiger partial charge in [0, 0.05) is 19.0 Å². The van der Waals surface area contributed by atoms with E-state index in [1.54, 1.807) is 6.07 Å². The van der Waals surface area contributed by atoms with Crippen molar-refractivity contribution in [2.24, 2.45) is 5.73 Å². The molecule has 0 aliphatic rings. The number of rotatable bonds is 4. The molecule has 0 amide bonds. The van der Waals surface area contributed by atoms with E-state index in [0.717, 1.165) is 28.0 Å². The van der Waals surface area contributed by atoms with Crippen LogP contribution in [-0.2, 0) is 13.0 Å². The van der Waals surface area contributed by atoms with Crippen molar-refractivity contribution >= 4 is 39.1 Å². The van der Waals surface area contributed by atoms with Crippen molar-refractivity contribution in [3.05, 3.63) is 49.7 Å². The predicted molar refractivity (Wildman–Crippen MR) is 87.4 cm³/mol. The Morgan fingerprint density at radius 2 is 2.05 bits per heavy atom. The first-order valence-corrected chi connectivity index (χ1v) is 7.91. The van der Waals surface area contributed by atoms with Gasteiger partial charge in [-0.05, 0) is 47.5 Å². The van der Waals surface area contributed by atoms with Gasteiger partial charge in [0.15, 0.2) is 0 Å². The van der Waals surface area contributed by atoms with Crippen molar-refractivity contribution in [3.8, 4) is 0 Å². The van der Waals surface area contributed by atoms with Gasteiger partial charge in [-0.1, -0.05) is 29.3 Å². The highest BCUT2D eigenvalue weighted by molar-refractivity contribution is 9.10. The van der Waals surface area contributed by atoms with Crippen molar-refractivity contribution in [2.75, 3.05) is 0 Å². The van der Waals surface area contributed by atoms with Crippen molar-refractivity contribution in [3.63, 3.8) is 0 Å². The zero-order valence-electron chi connectivity index (χ0n) is 11.3.